The first kappa shape index (κ1) is 18.3. The molecule has 0 unspecified atom stereocenters. The minimum Gasteiger partial charge on any atom is -0.489 e. The second kappa shape index (κ2) is 8.26. The fourth-order valence-electron chi connectivity index (χ4n) is 2.38. The van der Waals surface area contributed by atoms with Gasteiger partial charge >= 0.3 is 0 Å². The predicted octanol–water partition coefficient (Wildman–Crippen LogP) is 6.13. The third-order valence-corrected chi connectivity index (χ3v) is 4.65. The van der Waals surface area contributed by atoms with Crippen molar-refractivity contribution < 1.29 is 9.53 Å². The van der Waals surface area contributed by atoms with E-state index in [2.05, 4.69) is 5.32 Å². The van der Waals surface area contributed by atoms with Crippen molar-refractivity contribution in [2.75, 3.05) is 5.32 Å². The molecule has 0 aliphatic heterocycles. The number of hydrogen-bond donors (Lipinski definition) is 1. The summed E-state index contributed by atoms with van der Waals surface area (Å²) in [7, 11) is 0. The average molecular weight is 386 g/mol. The first-order valence-corrected chi connectivity index (χ1v) is 8.82. The molecule has 3 aromatic carbocycles. The Bertz CT molecular complexity index is 941. The van der Waals surface area contributed by atoms with Gasteiger partial charge in [0.15, 0.2) is 0 Å². The van der Waals surface area contributed by atoms with Crippen molar-refractivity contribution in [2.45, 2.75) is 13.5 Å². The normalized spacial score (nSPS) is 10.4. The molecule has 0 aliphatic carbocycles. The average Bonchev–Trinajstić information content (AvgIpc) is 2.64. The van der Waals surface area contributed by atoms with Crippen LogP contribution in [0.25, 0.3) is 0 Å². The van der Waals surface area contributed by atoms with E-state index in [9.17, 15) is 4.79 Å². The number of anilines is 1. The number of ether oxygens (including phenoxy) is 1. The van der Waals surface area contributed by atoms with Gasteiger partial charge < -0.3 is 10.1 Å². The highest BCUT2D eigenvalue weighted by Gasteiger charge is 2.09. The molecule has 5 heteroatoms. The van der Waals surface area contributed by atoms with E-state index in [4.69, 9.17) is 27.9 Å². The van der Waals surface area contributed by atoms with E-state index in [1.807, 2.05) is 43.3 Å². The molecule has 0 saturated carbocycles. The van der Waals surface area contributed by atoms with Crippen LogP contribution in [-0.2, 0) is 6.61 Å². The van der Waals surface area contributed by atoms with E-state index in [0.717, 1.165) is 11.1 Å². The molecule has 0 heterocycles. The van der Waals surface area contributed by atoms with Gasteiger partial charge in [0.2, 0.25) is 0 Å². The molecule has 0 saturated heterocycles. The van der Waals surface area contributed by atoms with Crippen molar-refractivity contribution in [3.8, 4) is 5.75 Å². The number of aryl methyl sites for hydroxylation is 1. The maximum absolute atomic E-state index is 12.5. The molecule has 0 aromatic heterocycles. The fraction of sp³-hybridized carbons (Fsp3) is 0.0952. The summed E-state index contributed by atoms with van der Waals surface area (Å²) >= 11 is 12.2. The Morgan fingerprint density at radius 2 is 1.77 bits per heavy atom. The molecule has 3 aromatic rings. The third-order valence-electron chi connectivity index (χ3n) is 3.88. The molecule has 0 aliphatic rings. The quantitative estimate of drug-likeness (QED) is 0.573. The van der Waals surface area contributed by atoms with Crippen LogP contribution in [0.3, 0.4) is 0 Å². The van der Waals surface area contributed by atoms with Gasteiger partial charge in [-0.3, -0.25) is 4.79 Å². The van der Waals surface area contributed by atoms with Crippen molar-refractivity contribution in [3.05, 3.63) is 93.5 Å². The van der Waals surface area contributed by atoms with Crippen LogP contribution in [0.2, 0.25) is 10.0 Å². The van der Waals surface area contributed by atoms with Gasteiger partial charge in [0.05, 0.1) is 0 Å². The van der Waals surface area contributed by atoms with Gasteiger partial charge in [0.25, 0.3) is 5.91 Å². The number of amides is 1. The molecule has 3 rings (SSSR count). The molecule has 1 amide bonds. The molecule has 0 atom stereocenters. The second-order valence-corrected chi connectivity index (χ2v) is 6.64. The minimum atomic E-state index is -0.229. The summed E-state index contributed by atoms with van der Waals surface area (Å²) in [6, 6.07) is 19.9. The van der Waals surface area contributed by atoms with Gasteiger partial charge in [-0.25, -0.2) is 0 Å². The first-order valence-electron chi connectivity index (χ1n) is 8.07. The lowest BCUT2D eigenvalue weighted by molar-refractivity contribution is 0.102. The molecular formula is C21H17Cl2NO2. The zero-order valence-electron chi connectivity index (χ0n) is 14.1. The van der Waals surface area contributed by atoms with E-state index in [-0.39, 0.29) is 5.91 Å². The van der Waals surface area contributed by atoms with E-state index < -0.39 is 0 Å². The van der Waals surface area contributed by atoms with Crippen LogP contribution in [0.5, 0.6) is 5.75 Å². The summed E-state index contributed by atoms with van der Waals surface area (Å²) in [5, 5.41) is 4.10. The summed E-state index contributed by atoms with van der Waals surface area (Å²) in [6.07, 6.45) is 0. The monoisotopic (exact) mass is 385 g/mol. The smallest absolute Gasteiger partial charge is 0.255 e. The zero-order chi connectivity index (χ0) is 18.5. The predicted molar refractivity (Wildman–Crippen MR) is 106 cm³/mol. The van der Waals surface area contributed by atoms with Crippen LogP contribution in [0.15, 0.2) is 66.7 Å². The van der Waals surface area contributed by atoms with Crippen LogP contribution in [-0.4, -0.2) is 5.91 Å². The van der Waals surface area contributed by atoms with Crippen LogP contribution >= 0.6 is 23.2 Å². The Balaban J connectivity index is 1.69. The van der Waals surface area contributed by atoms with Crippen molar-refractivity contribution in [2.24, 2.45) is 0 Å². The summed E-state index contributed by atoms with van der Waals surface area (Å²) in [6.45, 7) is 2.24. The summed E-state index contributed by atoms with van der Waals surface area (Å²) in [5.74, 6) is 0.368. The molecule has 0 spiro atoms. The number of nitrogens with one attached hydrogen (secondary N) is 1. The highest BCUT2D eigenvalue weighted by Crippen LogP contribution is 2.22. The van der Waals surface area contributed by atoms with Crippen molar-refractivity contribution in [1.82, 2.24) is 0 Å². The maximum atomic E-state index is 12.5. The van der Waals surface area contributed by atoms with Gasteiger partial charge in [0, 0.05) is 26.9 Å². The van der Waals surface area contributed by atoms with Gasteiger partial charge in [-0.05, 0) is 48.9 Å². The Labute approximate surface area is 162 Å². The molecule has 26 heavy (non-hydrogen) atoms. The molecule has 0 bridgehead atoms. The topological polar surface area (TPSA) is 38.3 Å². The second-order valence-electron chi connectivity index (χ2n) is 5.83. The molecular weight excluding hydrogens is 369 g/mol. The third kappa shape index (κ3) is 4.57. The van der Waals surface area contributed by atoms with Gasteiger partial charge in [-0.2, -0.15) is 0 Å². The van der Waals surface area contributed by atoms with E-state index in [0.29, 0.717) is 33.7 Å². The summed E-state index contributed by atoms with van der Waals surface area (Å²) in [4.78, 5) is 12.5. The molecule has 132 valence electrons. The lowest BCUT2D eigenvalue weighted by atomic mass is 10.2. The number of halogens is 2. The number of carbonyl (C=O) groups is 1. The van der Waals surface area contributed by atoms with Gasteiger partial charge in [0.1, 0.15) is 12.4 Å². The minimum absolute atomic E-state index is 0.229. The number of carbonyl (C=O) groups excluding carboxylic acids is 1. The van der Waals surface area contributed by atoms with Crippen LogP contribution in [0, 0.1) is 6.92 Å². The van der Waals surface area contributed by atoms with Crippen LogP contribution in [0.4, 0.5) is 5.69 Å². The van der Waals surface area contributed by atoms with Gasteiger partial charge in [-0.15, -0.1) is 0 Å². The van der Waals surface area contributed by atoms with E-state index in [1.165, 1.54) is 0 Å². The highest BCUT2D eigenvalue weighted by atomic mass is 35.5. The van der Waals surface area contributed by atoms with Crippen molar-refractivity contribution >= 4 is 34.8 Å². The van der Waals surface area contributed by atoms with Gasteiger partial charge in [-0.1, -0.05) is 53.5 Å². The largest absolute Gasteiger partial charge is 0.489 e. The molecule has 0 fully saturated rings. The lowest BCUT2D eigenvalue weighted by Gasteiger charge is -2.10. The number of benzene rings is 3. The Morgan fingerprint density at radius 1 is 0.962 bits per heavy atom. The fourth-order valence-corrected chi connectivity index (χ4v) is 2.75. The van der Waals surface area contributed by atoms with E-state index in [1.54, 1.807) is 30.3 Å². The van der Waals surface area contributed by atoms with E-state index >= 15 is 0 Å². The Kier molecular flexibility index (Phi) is 5.82. The Hall–Kier alpha value is -2.49. The number of rotatable bonds is 5. The highest BCUT2D eigenvalue weighted by molar-refractivity contribution is 6.31. The maximum Gasteiger partial charge on any atom is 0.255 e. The van der Waals surface area contributed by atoms with Crippen molar-refractivity contribution in [3.63, 3.8) is 0 Å². The summed E-state index contributed by atoms with van der Waals surface area (Å²) < 4.78 is 5.76. The lowest BCUT2D eigenvalue weighted by Crippen LogP contribution is -2.12. The van der Waals surface area contributed by atoms with Crippen LogP contribution in [0.1, 0.15) is 21.5 Å². The molecule has 1 N–H and O–H groups in total. The number of hydrogen-bond acceptors (Lipinski definition) is 2. The van der Waals surface area contributed by atoms with Crippen molar-refractivity contribution in [1.29, 1.82) is 0 Å². The first-order chi connectivity index (χ1) is 12.5. The SMILES string of the molecule is Cc1ccc(NC(=O)c2cccc(OCc3ccccc3Cl)c2)cc1Cl. The summed E-state index contributed by atoms with van der Waals surface area (Å²) in [5.41, 5.74) is 2.99. The molecule has 3 nitrogen and oxygen atoms in total. The molecule has 0 radical (unpaired) electrons. The van der Waals surface area contributed by atoms with Crippen LogP contribution < -0.4 is 10.1 Å². The Morgan fingerprint density at radius 3 is 2.54 bits per heavy atom. The standard InChI is InChI=1S/C21H17Cl2NO2/c1-14-9-10-17(12-20(14)23)24-21(25)15-6-4-7-18(11-15)26-13-16-5-2-3-8-19(16)22/h2-12H,13H2,1H3,(H,24,25). The zero-order valence-corrected chi connectivity index (χ0v) is 15.6.